The van der Waals surface area contributed by atoms with E-state index in [1.807, 2.05) is 0 Å². The van der Waals surface area contributed by atoms with Gasteiger partial charge in [0, 0.05) is 16.2 Å². The van der Waals surface area contributed by atoms with Crippen LogP contribution in [0.3, 0.4) is 0 Å². The predicted molar refractivity (Wildman–Crippen MR) is 54.9 cm³/mol. The number of hydrogen-bond acceptors (Lipinski definition) is 1. The highest BCUT2D eigenvalue weighted by Gasteiger charge is 2.86. The van der Waals surface area contributed by atoms with Crippen molar-refractivity contribution < 1.29 is 4.79 Å². The number of carbonyl (C=O) groups is 1. The fraction of sp³-hybridized carbons (Fsp3) is 0.917. The van der Waals surface area contributed by atoms with Crippen molar-refractivity contribution in [3.05, 3.63) is 0 Å². The number of hydrogen-bond donors (Lipinski definition) is 0. The van der Waals surface area contributed by atoms with Gasteiger partial charge in [0.05, 0.1) is 0 Å². The van der Waals surface area contributed by atoms with Gasteiger partial charge in [0.2, 0.25) is 0 Å². The predicted octanol–water partition coefficient (Wildman–Crippen LogP) is 2.10. The highest BCUT2D eigenvalue weighted by atomic mass is 79.9. The molecule has 5 saturated carbocycles. The molecule has 5 rings (SSSR count). The molecule has 0 saturated heterocycles. The molecule has 0 aromatic carbocycles. The first-order valence-corrected chi connectivity index (χ1v) is 6.66. The van der Waals surface area contributed by atoms with Crippen molar-refractivity contribution in [2.24, 2.45) is 47.3 Å². The molecule has 0 N–H and O–H groups in total. The number of carbonyl (C=O) groups excluding carboxylic acids is 1. The Labute approximate surface area is 91.8 Å². The number of fused-ring (bicyclic) bond motifs is 2. The quantitative estimate of drug-likeness (QED) is 0.604. The van der Waals surface area contributed by atoms with Crippen LogP contribution < -0.4 is 0 Å². The zero-order chi connectivity index (χ0) is 9.40. The van der Waals surface area contributed by atoms with Crippen LogP contribution in [0.1, 0.15) is 13.3 Å². The van der Waals surface area contributed by atoms with Crippen molar-refractivity contribution in [2.45, 2.75) is 17.7 Å². The first kappa shape index (κ1) is 7.43. The Kier molecular flexibility index (Phi) is 0.883. The van der Waals surface area contributed by atoms with Crippen molar-refractivity contribution in [3.63, 3.8) is 0 Å². The highest BCUT2D eigenvalue weighted by molar-refractivity contribution is 9.10. The van der Waals surface area contributed by atoms with Crippen LogP contribution in [0, 0.1) is 47.3 Å². The Morgan fingerprint density at radius 2 is 2.00 bits per heavy atom. The minimum absolute atomic E-state index is 0.327. The molecule has 5 fully saturated rings. The van der Waals surface area contributed by atoms with Gasteiger partial charge in [-0.05, 0) is 48.9 Å². The summed E-state index contributed by atoms with van der Waals surface area (Å²) in [5.41, 5.74) is 0. The van der Waals surface area contributed by atoms with Crippen LogP contribution in [0.2, 0.25) is 0 Å². The number of Topliss-reactive ketones (excluding diaryl/α,β-unsaturated/α-hetero) is 1. The topological polar surface area (TPSA) is 17.1 Å². The average Bonchev–Trinajstić information content (AvgIpc) is 2.52. The monoisotopic (exact) mass is 252 g/mol. The van der Waals surface area contributed by atoms with Gasteiger partial charge in [-0.15, -0.1) is 0 Å². The van der Waals surface area contributed by atoms with Gasteiger partial charge in [0.25, 0.3) is 0 Å². The van der Waals surface area contributed by atoms with E-state index in [1.54, 1.807) is 0 Å². The summed E-state index contributed by atoms with van der Waals surface area (Å²) in [5, 5.41) is 0. The second-order valence-electron chi connectivity index (χ2n) is 6.37. The van der Waals surface area contributed by atoms with Crippen LogP contribution in [0.15, 0.2) is 0 Å². The van der Waals surface area contributed by atoms with Gasteiger partial charge in [-0.2, -0.15) is 0 Å². The molecule has 1 nitrogen and oxygen atoms in total. The molecule has 0 aliphatic heterocycles. The first-order chi connectivity index (χ1) is 6.64. The number of alkyl halides is 1. The Bertz CT molecular complexity index is 388. The van der Waals surface area contributed by atoms with Gasteiger partial charge in [-0.1, -0.05) is 15.9 Å². The lowest BCUT2D eigenvalue weighted by atomic mass is 9.57. The molecular weight excluding hydrogens is 240 g/mol. The number of halogens is 1. The van der Waals surface area contributed by atoms with Gasteiger partial charge < -0.3 is 0 Å². The smallest absolute Gasteiger partial charge is 0.140 e. The minimum Gasteiger partial charge on any atom is -0.299 e. The summed E-state index contributed by atoms with van der Waals surface area (Å²) >= 11 is 3.97. The lowest BCUT2D eigenvalue weighted by molar-refractivity contribution is -0.134. The Morgan fingerprint density at radius 1 is 1.21 bits per heavy atom. The normalized spacial score (nSPS) is 80.3. The van der Waals surface area contributed by atoms with Crippen molar-refractivity contribution in [1.82, 2.24) is 0 Å². The number of ketones is 1. The molecular formula is C12H13BrO. The second kappa shape index (κ2) is 1.66. The molecule has 0 heterocycles. The molecule has 0 amide bonds. The van der Waals surface area contributed by atoms with Crippen molar-refractivity contribution in [1.29, 1.82) is 0 Å². The lowest BCUT2D eigenvalue weighted by Crippen LogP contribution is -2.53. The van der Waals surface area contributed by atoms with Gasteiger partial charge in [0.1, 0.15) is 5.78 Å². The van der Waals surface area contributed by atoms with Crippen LogP contribution in [-0.4, -0.2) is 10.1 Å². The molecule has 2 bridgehead atoms. The fourth-order valence-corrected chi connectivity index (χ4v) is 7.76. The summed E-state index contributed by atoms with van der Waals surface area (Å²) in [4.78, 5) is 12.2. The summed E-state index contributed by atoms with van der Waals surface area (Å²) in [5.74, 6) is 6.61. The molecule has 5 aliphatic rings. The fourth-order valence-electron chi connectivity index (χ4n) is 6.54. The van der Waals surface area contributed by atoms with Gasteiger partial charge in [0.15, 0.2) is 0 Å². The molecule has 14 heavy (non-hydrogen) atoms. The van der Waals surface area contributed by atoms with Gasteiger partial charge >= 0.3 is 0 Å². The molecule has 0 aromatic rings. The van der Waals surface area contributed by atoms with Crippen LogP contribution in [0.25, 0.3) is 0 Å². The summed E-state index contributed by atoms with van der Waals surface area (Å²) in [6.45, 7) is 2.37. The third kappa shape index (κ3) is 0.417. The Balaban J connectivity index is 1.87. The van der Waals surface area contributed by atoms with Crippen molar-refractivity contribution in [3.8, 4) is 0 Å². The molecule has 0 spiro atoms. The molecule has 74 valence electrons. The maximum Gasteiger partial charge on any atom is 0.140 e. The first-order valence-electron chi connectivity index (χ1n) is 5.86. The summed E-state index contributed by atoms with van der Waals surface area (Å²) in [6.07, 6.45) is 1.39. The number of rotatable bonds is 0. The van der Waals surface area contributed by atoms with E-state index in [9.17, 15) is 4.79 Å². The molecule has 0 aromatic heterocycles. The Hall–Kier alpha value is 0.150. The van der Waals surface area contributed by atoms with E-state index in [4.69, 9.17) is 0 Å². The van der Waals surface area contributed by atoms with E-state index in [-0.39, 0.29) is 0 Å². The lowest BCUT2D eigenvalue weighted by Gasteiger charge is -2.49. The van der Waals surface area contributed by atoms with E-state index in [0.717, 1.165) is 29.6 Å². The maximum atomic E-state index is 12.2. The molecule has 5 aliphatic carbocycles. The largest absolute Gasteiger partial charge is 0.299 e. The van der Waals surface area contributed by atoms with Crippen LogP contribution in [0.5, 0.6) is 0 Å². The SMILES string of the molecule is C[C@@]1(Br)[C@H]2[C@H]3C[C@H]4[C@H]2C(=O)[C@@H]2[C@@H]4[C@@H]3[C@H]21. The van der Waals surface area contributed by atoms with Crippen molar-refractivity contribution in [2.75, 3.05) is 0 Å². The summed E-state index contributed by atoms with van der Waals surface area (Å²) in [6, 6.07) is 0. The van der Waals surface area contributed by atoms with E-state index in [0.29, 0.717) is 27.9 Å². The van der Waals surface area contributed by atoms with Gasteiger partial charge in [-0.25, -0.2) is 0 Å². The standard InChI is InChI=1S/C12H13BrO/c1-12(13)9-4-2-3-5-6(4)10(12)8(5)11(14)7(3)9/h3-10H,2H2,1H3/t3-,4+,5+,6-,7-,8-,9+,10-,12-/m1/s1. The van der Waals surface area contributed by atoms with Crippen LogP contribution in [0.4, 0.5) is 0 Å². The van der Waals surface area contributed by atoms with E-state index >= 15 is 0 Å². The Morgan fingerprint density at radius 3 is 2.79 bits per heavy atom. The molecule has 0 unspecified atom stereocenters. The second-order valence-corrected chi connectivity index (χ2v) is 8.08. The van der Waals surface area contributed by atoms with Crippen LogP contribution in [-0.2, 0) is 4.79 Å². The average molecular weight is 253 g/mol. The molecule has 9 atom stereocenters. The third-order valence-electron chi connectivity index (χ3n) is 6.46. The highest BCUT2D eigenvalue weighted by Crippen LogP contribution is 2.85. The zero-order valence-electron chi connectivity index (χ0n) is 8.11. The minimum atomic E-state index is 0.327. The van der Waals surface area contributed by atoms with E-state index in [2.05, 4.69) is 22.9 Å². The van der Waals surface area contributed by atoms with E-state index in [1.165, 1.54) is 6.42 Å². The van der Waals surface area contributed by atoms with E-state index < -0.39 is 0 Å². The van der Waals surface area contributed by atoms with Gasteiger partial charge in [-0.3, -0.25) is 4.79 Å². The molecule has 2 heteroatoms. The zero-order valence-corrected chi connectivity index (χ0v) is 9.70. The summed E-state index contributed by atoms with van der Waals surface area (Å²) < 4.78 is 0.327. The third-order valence-corrected chi connectivity index (χ3v) is 7.52. The van der Waals surface area contributed by atoms with Crippen LogP contribution >= 0.6 is 15.9 Å². The van der Waals surface area contributed by atoms with Crippen molar-refractivity contribution >= 4 is 21.7 Å². The maximum absolute atomic E-state index is 12.2. The molecule has 0 radical (unpaired) electrons. The summed E-state index contributed by atoms with van der Waals surface area (Å²) in [7, 11) is 0.